The van der Waals surface area contributed by atoms with Crippen molar-refractivity contribution in [2.24, 2.45) is 5.92 Å². The first-order valence-electron chi connectivity index (χ1n) is 8.45. The molecule has 4 rings (SSSR count). The molecule has 2 aromatic carbocycles. The molecule has 128 valence electrons. The SMILES string of the molecule is CN(C(=O)[C@@H]1COc2ccccc2C1)c1cc(C#N)c2ccccc2n1. The van der Waals surface area contributed by atoms with Crippen molar-refractivity contribution in [3.05, 3.63) is 65.7 Å². The van der Waals surface area contributed by atoms with E-state index >= 15 is 0 Å². The number of hydrogen-bond donors (Lipinski definition) is 0. The number of carbonyl (C=O) groups excluding carboxylic acids is 1. The molecule has 3 aromatic rings. The van der Waals surface area contributed by atoms with Crippen LogP contribution >= 0.6 is 0 Å². The molecule has 5 nitrogen and oxygen atoms in total. The Labute approximate surface area is 151 Å². The van der Waals surface area contributed by atoms with Crippen LogP contribution < -0.4 is 9.64 Å². The van der Waals surface area contributed by atoms with Crippen LogP contribution in [0.25, 0.3) is 10.9 Å². The highest BCUT2D eigenvalue weighted by Gasteiger charge is 2.29. The average Bonchev–Trinajstić information content (AvgIpc) is 2.71. The highest BCUT2D eigenvalue weighted by molar-refractivity contribution is 5.96. The first-order chi connectivity index (χ1) is 12.7. The minimum Gasteiger partial charge on any atom is -0.492 e. The first-order valence-corrected chi connectivity index (χ1v) is 8.45. The number of rotatable bonds is 2. The highest BCUT2D eigenvalue weighted by atomic mass is 16.5. The van der Waals surface area contributed by atoms with Gasteiger partial charge in [-0.15, -0.1) is 0 Å². The van der Waals surface area contributed by atoms with E-state index in [1.807, 2.05) is 48.5 Å². The number of hydrogen-bond acceptors (Lipinski definition) is 4. The van der Waals surface area contributed by atoms with Gasteiger partial charge in [-0.1, -0.05) is 36.4 Å². The topological polar surface area (TPSA) is 66.2 Å². The third-order valence-corrected chi connectivity index (χ3v) is 4.73. The van der Waals surface area contributed by atoms with Gasteiger partial charge in [-0.05, 0) is 30.2 Å². The van der Waals surface area contributed by atoms with Gasteiger partial charge in [0.15, 0.2) is 0 Å². The Balaban J connectivity index is 1.64. The monoisotopic (exact) mass is 343 g/mol. The molecule has 26 heavy (non-hydrogen) atoms. The molecule has 1 aliphatic rings. The predicted molar refractivity (Wildman–Crippen MR) is 99.0 cm³/mol. The number of pyridine rings is 1. The van der Waals surface area contributed by atoms with Crippen molar-refractivity contribution in [1.82, 2.24) is 4.98 Å². The number of carbonyl (C=O) groups is 1. The van der Waals surface area contributed by atoms with Crippen LogP contribution in [0.15, 0.2) is 54.6 Å². The van der Waals surface area contributed by atoms with Gasteiger partial charge in [0.05, 0.1) is 23.1 Å². The maximum Gasteiger partial charge on any atom is 0.234 e. The Morgan fingerprint density at radius 3 is 2.85 bits per heavy atom. The summed E-state index contributed by atoms with van der Waals surface area (Å²) in [5.41, 5.74) is 2.25. The Bertz CT molecular complexity index is 1040. The van der Waals surface area contributed by atoms with Gasteiger partial charge in [0.2, 0.25) is 5.91 Å². The van der Waals surface area contributed by atoms with Crippen LogP contribution in [0.2, 0.25) is 0 Å². The Morgan fingerprint density at radius 1 is 1.23 bits per heavy atom. The van der Waals surface area contributed by atoms with E-state index in [1.165, 1.54) is 4.90 Å². The maximum absolute atomic E-state index is 13.0. The van der Waals surface area contributed by atoms with Crippen molar-refractivity contribution < 1.29 is 9.53 Å². The molecule has 0 fully saturated rings. The molecule has 2 heterocycles. The smallest absolute Gasteiger partial charge is 0.234 e. The van der Waals surface area contributed by atoms with E-state index in [0.717, 1.165) is 16.7 Å². The number of para-hydroxylation sites is 2. The first kappa shape index (κ1) is 16.1. The van der Waals surface area contributed by atoms with Gasteiger partial charge >= 0.3 is 0 Å². The van der Waals surface area contributed by atoms with E-state index in [2.05, 4.69) is 11.1 Å². The molecule has 1 amide bonds. The molecular formula is C21H17N3O2. The minimum atomic E-state index is -0.270. The van der Waals surface area contributed by atoms with Crippen LogP contribution in [-0.2, 0) is 11.2 Å². The molecule has 0 bridgehead atoms. The standard InChI is InChI=1S/C21H17N3O2/c1-24(20-11-15(12-22)17-7-3-4-8-18(17)23-20)21(25)16-10-14-6-2-5-9-19(14)26-13-16/h2-9,11,16H,10,13H2,1H3/t16-/m0/s1. The molecular weight excluding hydrogens is 326 g/mol. The van der Waals surface area contributed by atoms with Crippen molar-refractivity contribution in [1.29, 1.82) is 5.26 Å². The zero-order chi connectivity index (χ0) is 18.1. The minimum absolute atomic E-state index is 0.0637. The molecule has 0 spiro atoms. The van der Waals surface area contributed by atoms with Crippen LogP contribution in [-0.4, -0.2) is 24.5 Å². The molecule has 1 aliphatic heterocycles. The van der Waals surface area contributed by atoms with Gasteiger partial charge in [0.25, 0.3) is 0 Å². The van der Waals surface area contributed by atoms with Gasteiger partial charge in [0, 0.05) is 12.4 Å². The number of ether oxygens (including phenoxy) is 1. The Hall–Kier alpha value is -3.39. The summed E-state index contributed by atoms with van der Waals surface area (Å²) < 4.78 is 5.74. The van der Waals surface area contributed by atoms with Gasteiger partial charge in [0.1, 0.15) is 18.2 Å². The largest absolute Gasteiger partial charge is 0.492 e. The average molecular weight is 343 g/mol. The maximum atomic E-state index is 13.0. The van der Waals surface area contributed by atoms with Gasteiger partial charge in [-0.3, -0.25) is 9.69 Å². The molecule has 0 radical (unpaired) electrons. The lowest BCUT2D eigenvalue weighted by Gasteiger charge is -2.28. The fraction of sp³-hybridized carbons (Fsp3) is 0.190. The quantitative estimate of drug-likeness (QED) is 0.716. The van der Waals surface area contributed by atoms with Crippen LogP contribution in [0.4, 0.5) is 5.82 Å². The summed E-state index contributed by atoms with van der Waals surface area (Å²) in [4.78, 5) is 19.0. The van der Waals surface area contributed by atoms with E-state index in [1.54, 1.807) is 13.1 Å². The third-order valence-electron chi connectivity index (χ3n) is 4.73. The van der Waals surface area contributed by atoms with Crippen molar-refractivity contribution in [3.63, 3.8) is 0 Å². The summed E-state index contributed by atoms with van der Waals surface area (Å²) in [6.07, 6.45) is 0.637. The van der Waals surface area contributed by atoms with Crippen LogP contribution in [0.5, 0.6) is 5.75 Å². The Morgan fingerprint density at radius 2 is 2.00 bits per heavy atom. The molecule has 0 aliphatic carbocycles. The zero-order valence-corrected chi connectivity index (χ0v) is 14.3. The van der Waals surface area contributed by atoms with E-state index in [0.29, 0.717) is 29.9 Å². The number of benzene rings is 2. The summed E-state index contributed by atoms with van der Waals surface area (Å²) in [6, 6.07) is 19.1. The number of aromatic nitrogens is 1. The van der Waals surface area contributed by atoms with E-state index in [9.17, 15) is 10.1 Å². The number of amides is 1. The number of fused-ring (bicyclic) bond motifs is 2. The summed E-state index contributed by atoms with van der Waals surface area (Å²) in [5.74, 6) is 0.985. The Kier molecular flexibility index (Phi) is 4.02. The van der Waals surface area contributed by atoms with E-state index < -0.39 is 0 Å². The zero-order valence-electron chi connectivity index (χ0n) is 14.3. The summed E-state index contributed by atoms with van der Waals surface area (Å²) in [5, 5.41) is 10.2. The molecule has 0 N–H and O–H groups in total. The fourth-order valence-corrected chi connectivity index (χ4v) is 3.30. The molecule has 0 unspecified atom stereocenters. The molecule has 1 atom stereocenters. The second kappa shape index (κ2) is 6.49. The summed E-state index contributed by atoms with van der Waals surface area (Å²) >= 11 is 0. The third kappa shape index (κ3) is 2.76. The molecule has 0 saturated heterocycles. The van der Waals surface area contributed by atoms with Crippen molar-refractivity contribution in [2.45, 2.75) is 6.42 Å². The van der Waals surface area contributed by atoms with Crippen LogP contribution in [0, 0.1) is 17.2 Å². The fourth-order valence-electron chi connectivity index (χ4n) is 3.30. The van der Waals surface area contributed by atoms with Crippen molar-refractivity contribution >= 4 is 22.6 Å². The van der Waals surface area contributed by atoms with Crippen LogP contribution in [0.1, 0.15) is 11.1 Å². The van der Waals surface area contributed by atoms with Gasteiger partial charge in [-0.2, -0.15) is 5.26 Å². The molecule has 0 saturated carbocycles. The summed E-state index contributed by atoms with van der Waals surface area (Å²) in [7, 11) is 1.70. The van der Waals surface area contributed by atoms with Crippen LogP contribution in [0.3, 0.4) is 0 Å². The molecule has 5 heteroatoms. The van der Waals surface area contributed by atoms with E-state index in [4.69, 9.17) is 4.74 Å². The summed E-state index contributed by atoms with van der Waals surface area (Å²) in [6.45, 7) is 0.346. The second-order valence-electron chi connectivity index (χ2n) is 6.37. The number of anilines is 1. The number of nitrogens with zero attached hydrogens (tertiary/aromatic N) is 3. The van der Waals surface area contributed by atoms with Gasteiger partial charge < -0.3 is 4.74 Å². The highest BCUT2D eigenvalue weighted by Crippen LogP contribution is 2.29. The molecule has 1 aromatic heterocycles. The normalized spacial score (nSPS) is 15.6. The predicted octanol–water partition coefficient (Wildman–Crippen LogP) is 3.32. The van der Waals surface area contributed by atoms with Crippen molar-refractivity contribution in [3.8, 4) is 11.8 Å². The lowest BCUT2D eigenvalue weighted by atomic mass is 9.95. The number of nitriles is 1. The lowest BCUT2D eigenvalue weighted by molar-refractivity contribution is -0.123. The lowest BCUT2D eigenvalue weighted by Crippen LogP contribution is -2.39. The van der Waals surface area contributed by atoms with Crippen molar-refractivity contribution in [2.75, 3.05) is 18.6 Å². The van der Waals surface area contributed by atoms with E-state index in [-0.39, 0.29) is 11.8 Å². The second-order valence-corrected chi connectivity index (χ2v) is 6.37. The van der Waals surface area contributed by atoms with Gasteiger partial charge in [-0.25, -0.2) is 4.98 Å².